The summed E-state index contributed by atoms with van der Waals surface area (Å²) in [6.07, 6.45) is 18.4. The quantitative estimate of drug-likeness (QED) is 0.114. The van der Waals surface area contributed by atoms with Crippen LogP contribution in [0.1, 0.15) is 231 Å². The molecule has 0 bridgehead atoms. The Morgan fingerprint density at radius 2 is 1.15 bits per heavy atom. The third-order valence-electron chi connectivity index (χ3n) is 11.0. The lowest BCUT2D eigenvalue weighted by atomic mass is 9.90. The number of H-pyrrole nitrogens is 4. The molecule has 8 aromatic rings. The minimum Gasteiger partial charge on any atom is -0.348 e. The molecule has 0 amide bonds. The van der Waals surface area contributed by atoms with Gasteiger partial charge in [0, 0.05) is 102 Å². The van der Waals surface area contributed by atoms with E-state index >= 15 is 0 Å². The van der Waals surface area contributed by atoms with Gasteiger partial charge in [-0.25, -0.2) is 24.9 Å². The normalized spacial score (nSPS) is 12.6. The third-order valence-corrected chi connectivity index (χ3v) is 14.5. The van der Waals surface area contributed by atoms with Crippen LogP contribution in [0.4, 0.5) is 0 Å². The van der Waals surface area contributed by atoms with E-state index < -0.39 is 0 Å². The Bertz CT molecular complexity index is 2250. The van der Waals surface area contributed by atoms with Gasteiger partial charge in [-0.3, -0.25) is 15.2 Å². The summed E-state index contributed by atoms with van der Waals surface area (Å²) in [4.78, 5) is 32.0. The van der Waals surface area contributed by atoms with Crippen molar-refractivity contribution in [3.63, 3.8) is 0 Å². The van der Waals surface area contributed by atoms with E-state index in [0.29, 0.717) is 0 Å². The SMILES string of the molecule is CC(C)(C)C1=CCN=N1.CC(C)(C)c1ccsn1.CC(C)(C)c1cn[nH]c1.CC(C)(C)c1cnc[nH]1.CC(C)(C)c1cncs1.CC(C)(C)c1cscn1.CC(C)(C)c1ncc[nH]1.CC(C)(C)c1nccs1.CC(C)(C)c1ncn[nH]1. The molecule has 0 atom stereocenters. The standard InChI is InChI=1S/4C7H12N2.4C7H11NS.C6H11N3/c1-7(2,3)6-4-8-5-9-6;1-7(2,3)6-4-8-9-5-6;1-7(2,3)6-8-4-5-9-6;1-7(2,3)6-4-5-8-9-6;1-7(2,3)6-4-9-5-8-6;1-7(2,3)6-4-8-5-9-6;1-7(2,3)6-8-4-5-9-6;1-7(2,3)6-4-5-9-8-6;1-6(2,3)5-7-4-8-9-5/h3*4-5H,1-3H3,(H,8,9);4H,5H2,1-3H3;4*4-5H,1-3H3;4H,1-3H3,(H,7,8,9). The van der Waals surface area contributed by atoms with E-state index in [1.165, 1.54) is 50.4 Å². The molecule has 0 spiro atoms. The van der Waals surface area contributed by atoms with Gasteiger partial charge in [0.05, 0.1) is 52.2 Å². The van der Waals surface area contributed by atoms with Crippen LogP contribution in [0.25, 0.3) is 0 Å². The molecule has 450 valence electrons. The molecule has 8 aromatic heterocycles. The molecule has 9 rings (SSSR count). The smallest absolute Gasteiger partial charge is 0.137 e. The minimum absolute atomic E-state index is 0.0938. The molecule has 0 unspecified atom stereocenters. The Morgan fingerprint density at radius 1 is 0.506 bits per heavy atom. The van der Waals surface area contributed by atoms with Crippen LogP contribution < -0.4 is 0 Å². The summed E-state index contributed by atoms with van der Waals surface area (Å²) < 4.78 is 4.23. The highest BCUT2D eigenvalue weighted by molar-refractivity contribution is 7.10. The Balaban J connectivity index is 0.000000456. The maximum absolute atomic E-state index is 4.23. The zero-order valence-electron chi connectivity index (χ0n) is 54.5. The molecular weight excluding hydrogens is 1080 g/mol. The molecule has 15 nitrogen and oxygen atoms in total. The Hall–Kier alpha value is -5.37. The van der Waals surface area contributed by atoms with Crippen molar-refractivity contribution in [2.24, 2.45) is 15.6 Å². The van der Waals surface area contributed by atoms with Crippen molar-refractivity contribution in [1.82, 2.24) is 64.6 Å². The number of nitrogens with one attached hydrogen (secondary N) is 4. The molecule has 0 saturated heterocycles. The number of imidazole rings is 2. The van der Waals surface area contributed by atoms with Crippen LogP contribution >= 0.6 is 45.5 Å². The molecule has 0 fully saturated rings. The van der Waals surface area contributed by atoms with Gasteiger partial charge in [-0.2, -0.15) is 24.8 Å². The molecule has 0 aromatic carbocycles. The Morgan fingerprint density at radius 3 is 1.37 bits per heavy atom. The van der Waals surface area contributed by atoms with Crippen LogP contribution in [-0.4, -0.2) is 71.2 Å². The van der Waals surface area contributed by atoms with Crippen molar-refractivity contribution in [1.29, 1.82) is 0 Å². The number of nitrogens with zero attached hydrogens (tertiary/aromatic N) is 11. The van der Waals surface area contributed by atoms with Gasteiger partial charge in [0.25, 0.3) is 0 Å². The Labute approximate surface area is 504 Å². The largest absolute Gasteiger partial charge is 0.348 e. The van der Waals surface area contributed by atoms with Gasteiger partial charge in [-0.15, -0.1) is 34.0 Å². The van der Waals surface area contributed by atoms with Crippen molar-refractivity contribution in [3.8, 4) is 0 Å². The average Bonchev–Trinajstić information content (AvgIpc) is 4.21. The lowest BCUT2D eigenvalue weighted by Gasteiger charge is -2.15. The van der Waals surface area contributed by atoms with E-state index in [4.69, 9.17) is 0 Å². The molecule has 1 aliphatic heterocycles. The number of allylic oxidation sites excluding steroid dienone is 1. The predicted octanol–water partition coefficient (Wildman–Crippen LogP) is 18.4. The van der Waals surface area contributed by atoms with Crippen LogP contribution in [0.3, 0.4) is 0 Å². The zero-order valence-corrected chi connectivity index (χ0v) is 57.8. The first-order valence-corrected chi connectivity index (χ1v) is 31.0. The number of thiazole rings is 3. The fourth-order valence-electron chi connectivity index (χ4n) is 5.67. The van der Waals surface area contributed by atoms with Crippen LogP contribution in [0, 0.1) is 5.41 Å². The fourth-order valence-corrected chi connectivity index (χ4v) is 8.59. The van der Waals surface area contributed by atoms with Gasteiger partial charge in [-0.05, 0) is 40.1 Å². The summed E-state index contributed by atoms with van der Waals surface area (Å²) in [7, 11) is 0. The molecule has 9 heterocycles. The van der Waals surface area contributed by atoms with Gasteiger partial charge >= 0.3 is 0 Å². The average molecular weight is 1190 g/mol. The van der Waals surface area contributed by atoms with E-state index in [1.54, 1.807) is 46.5 Å². The molecule has 1 aliphatic rings. The number of rotatable bonds is 0. The molecule has 0 radical (unpaired) electrons. The zero-order chi connectivity index (χ0) is 62.2. The summed E-state index contributed by atoms with van der Waals surface area (Å²) in [5, 5.41) is 28.4. The van der Waals surface area contributed by atoms with Gasteiger partial charge in [0.15, 0.2) is 0 Å². The first-order chi connectivity index (χ1) is 36.9. The van der Waals surface area contributed by atoms with Crippen LogP contribution in [0.5, 0.6) is 0 Å². The maximum atomic E-state index is 4.23. The van der Waals surface area contributed by atoms with Crippen molar-refractivity contribution in [2.45, 2.75) is 230 Å². The second-order valence-corrected chi connectivity index (χ2v) is 31.6. The van der Waals surface area contributed by atoms with E-state index in [1.807, 2.05) is 59.0 Å². The molecule has 0 aliphatic carbocycles. The maximum Gasteiger partial charge on any atom is 0.137 e. The highest BCUT2D eigenvalue weighted by atomic mass is 32.1. The second-order valence-electron chi connectivity index (χ2n) is 28.4. The summed E-state index contributed by atoms with van der Waals surface area (Å²) in [5.41, 5.74) is 11.5. The first kappa shape index (κ1) is 73.6. The minimum atomic E-state index is 0.0938. The van der Waals surface area contributed by atoms with E-state index in [2.05, 4.69) is 279 Å². The molecule has 19 heteroatoms. The van der Waals surface area contributed by atoms with Crippen molar-refractivity contribution >= 4 is 45.5 Å². The van der Waals surface area contributed by atoms with Crippen LogP contribution in [-0.2, 0) is 43.3 Å². The summed E-state index contributed by atoms with van der Waals surface area (Å²) in [6.45, 7) is 58.9. The first-order valence-electron chi connectivity index (χ1n) is 27.5. The third kappa shape index (κ3) is 31.6. The molecular formula is C62H103N15S4. The van der Waals surface area contributed by atoms with Gasteiger partial charge in [-0.1, -0.05) is 187 Å². The lowest BCUT2D eigenvalue weighted by Crippen LogP contribution is -2.13. The van der Waals surface area contributed by atoms with Crippen molar-refractivity contribution < 1.29 is 0 Å². The van der Waals surface area contributed by atoms with Crippen molar-refractivity contribution in [2.75, 3.05) is 6.54 Å². The summed E-state index contributed by atoms with van der Waals surface area (Å²) >= 11 is 6.61. The lowest BCUT2D eigenvalue weighted by molar-refractivity contribution is 0.497. The molecule has 81 heavy (non-hydrogen) atoms. The number of aromatic nitrogens is 13. The van der Waals surface area contributed by atoms with E-state index in [-0.39, 0.29) is 48.7 Å². The molecule has 0 saturated carbocycles. The van der Waals surface area contributed by atoms with Crippen LogP contribution in [0.15, 0.2) is 111 Å². The second kappa shape index (κ2) is 32.5. The Kier molecular flexibility index (Phi) is 29.5. The number of aromatic amines is 4. The fraction of sp³-hybridized carbons (Fsp3) is 0.597. The highest BCUT2D eigenvalue weighted by Gasteiger charge is 2.20. The monoisotopic (exact) mass is 1190 g/mol. The number of hydrogen-bond donors (Lipinski definition) is 4. The highest BCUT2D eigenvalue weighted by Crippen LogP contribution is 2.29. The van der Waals surface area contributed by atoms with Crippen molar-refractivity contribution in [3.05, 3.63) is 145 Å². The predicted molar refractivity (Wildman–Crippen MR) is 347 cm³/mol. The van der Waals surface area contributed by atoms with Gasteiger partial charge < -0.3 is 9.97 Å². The van der Waals surface area contributed by atoms with Gasteiger partial charge in [0.2, 0.25) is 0 Å². The summed E-state index contributed by atoms with van der Waals surface area (Å²) in [6, 6.07) is 2.07. The summed E-state index contributed by atoms with van der Waals surface area (Å²) in [5.74, 6) is 1.98. The van der Waals surface area contributed by atoms with Crippen LogP contribution in [0.2, 0.25) is 0 Å². The van der Waals surface area contributed by atoms with E-state index in [0.717, 1.165) is 23.9 Å². The molecule has 4 N–H and O–H groups in total. The topological polar surface area (TPSA) is 204 Å². The van der Waals surface area contributed by atoms with E-state index in [9.17, 15) is 0 Å². The number of azo groups is 1. The number of hydrogen-bond acceptors (Lipinski definition) is 15. The van der Waals surface area contributed by atoms with Gasteiger partial charge in [0.1, 0.15) is 18.0 Å².